The molecule has 1 aliphatic rings. The van der Waals surface area contributed by atoms with E-state index in [1.54, 1.807) is 30.9 Å². The molecule has 1 heterocycles. The lowest BCUT2D eigenvalue weighted by molar-refractivity contribution is -0.139. The number of hydrogen-bond donors (Lipinski definition) is 1. The lowest BCUT2D eigenvalue weighted by atomic mass is 9.82. The first kappa shape index (κ1) is 16.5. The minimum atomic E-state index is -0.790. The molecule has 4 nitrogen and oxygen atoms in total. The molecule has 1 aromatic rings. The summed E-state index contributed by atoms with van der Waals surface area (Å²) in [5, 5.41) is 8.83. The topological polar surface area (TPSA) is 57.6 Å². The molecular formula is C17H22FNO3. The molecule has 1 N–H and O–H groups in total. The minimum absolute atomic E-state index is 0.0353. The van der Waals surface area contributed by atoms with Gasteiger partial charge in [-0.1, -0.05) is 12.1 Å². The predicted molar refractivity (Wildman–Crippen MR) is 81.0 cm³/mol. The van der Waals surface area contributed by atoms with Gasteiger partial charge in [0.2, 0.25) is 5.91 Å². The third-order valence-corrected chi connectivity index (χ3v) is 4.45. The summed E-state index contributed by atoms with van der Waals surface area (Å²) in [5.41, 5.74) is -0.132. The van der Waals surface area contributed by atoms with Gasteiger partial charge in [-0.25, -0.2) is 4.39 Å². The van der Waals surface area contributed by atoms with Gasteiger partial charge in [-0.05, 0) is 50.3 Å². The number of rotatable bonds is 4. The molecule has 120 valence electrons. The zero-order valence-corrected chi connectivity index (χ0v) is 13.0. The fourth-order valence-electron chi connectivity index (χ4n) is 2.98. The number of aliphatic carboxylic acids is 1. The smallest absolute Gasteiger partial charge is 0.303 e. The Morgan fingerprint density at radius 2 is 1.95 bits per heavy atom. The molecule has 2 rings (SSSR count). The summed E-state index contributed by atoms with van der Waals surface area (Å²) in [7, 11) is 0. The van der Waals surface area contributed by atoms with Crippen LogP contribution in [0.3, 0.4) is 0 Å². The fourth-order valence-corrected chi connectivity index (χ4v) is 2.98. The molecule has 0 saturated carbocycles. The van der Waals surface area contributed by atoms with Crippen LogP contribution in [0.1, 0.15) is 38.7 Å². The Morgan fingerprint density at radius 3 is 2.50 bits per heavy atom. The van der Waals surface area contributed by atoms with Gasteiger partial charge in [-0.3, -0.25) is 9.59 Å². The summed E-state index contributed by atoms with van der Waals surface area (Å²) in [6.07, 6.45) is 1.57. The van der Waals surface area contributed by atoms with E-state index in [4.69, 9.17) is 5.11 Å². The van der Waals surface area contributed by atoms with E-state index in [-0.39, 0.29) is 24.1 Å². The lowest BCUT2D eigenvalue weighted by Gasteiger charge is -2.37. The van der Waals surface area contributed by atoms with Crippen molar-refractivity contribution < 1.29 is 19.1 Å². The number of carboxylic acids is 1. The summed E-state index contributed by atoms with van der Waals surface area (Å²) in [6.45, 7) is 4.73. The van der Waals surface area contributed by atoms with E-state index in [0.717, 1.165) is 0 Å². The molecule has 1 aliphatic heterocycles. The van der Waals surface area contributed by atoms with Crippen molar-refractivity contribution in [2.75, 3.05) is 13.1 Å². The number of nitrogens with zero attached hydrogens (tertiary/aromatic N) is 1. The molecule has 1 aromatic carbocycles. The Labute approximate surface area is 129 Å². The van der Waals surface area contributed by atoms with Gasteiger partial charge in [0.05, 0.1) is 5.41 Å². The van der Waals surface area contributed by atoms with Crippen LogP contribution >= 0.6 is 0 Å². The maximum atomic E-state index is 13.4. The summed E-state index contributed by atoms with van der Waals surface area (Å²) >= 11 is 0. The van der Waals surface area contributed by atoms with E-state index in [1.165, 1.54) is 12.1 Å². The third-order valence-electron chi connectivity index (χ3n) is 4.45. The van der Waals surface area contributed by atoms with Gasteiger partial charge in [0.1, 0.15) is 5.82 Å². The number of carbonyl (C=O) groups excluding carboxylic acids is 1. The van der Waals surface area contributed by atoms with E-state index >= 15 is 0 Å². The van der Waals surface area contributed by atoms with Crippen molar-refractivity contribution in [3.05, 3.63) is 35.6 Å². The van der Waals surface area contributed by atoms with Crippen molar-refractivity contribution in [1.29, 1.82) is 0 Å². The van der Waals surface area contributed by atoms with Crippen LogP contribution in [-0.4, -0.2) is 35.0 Å². The first-order valence-electron chi connectivity index (χ1n) is 7.58. The molecule has 1 amide bonds. The number of hydrogen-bond acceptors (Lipinski definition) is 2. The van der Waals surface area contributed by atoms with Gasteiger partial charge in [-0.15, -0.1) is 0 Å². The molecular weight excluding hydrogens is 285 g/mol. The van der Waals surface area contributed by atoms with Crippen LogP contribution in [0.25, 0.3) is 0 Å². The van der Waals surface area contributed by atoms with Crippen LogP contribution < -0.4 is 0 Å². The van der Waals surface area contributed by atoms with Crippen molar-refractivity contribution in [1.82, 2.24) is 4.90 Å². The first-order valence-corrected chi connectivity index (χ1v) is 7.58. The van der Waals surface area contributed by atoms with E-state index in [9.17, 15) is 14.0 Å². The Balaban J connectivity index is 2.04. The largest absolute Gasteiger partial charge is 0.481 e. The molecule has 0 aromatic heterocycles. The third kappa shape index (κ3) is 3.64. The number of likely N-dealkylation sites (tertiary alicyclic amines) is 1. The van der Waals surface area contributed by atoms with Gasteiger partial charge >= 0.3 is 5.97 Å². The molecule has 5 heteroatoms. The van der Waals surface area contributed by atoms with E-state index in [0.29, 0.717) is 31.5 Å². The predicted octanol–water partition coefficient (Wildman–Crippen LogP) is 2.82. The Kier molecular flexibility index (Phi) is 4.84. The number of piperidine rings is 1. The van der Waals surface area contributed by atoms with Crippen LogP contribution in [0.2, 0.25) is 0 Å². The molecule has 0 radical (unpaired) electrons. The van der Waals surface area contributed by atoms with Crippen molar-refractivity contribution in [3.63, 3.8) is 0 Å². The molecule has 1 saturated heterocycles. The second-order valence-electron chi connectivity index (χ2n) is 6.47. The highest BCUT2D eigenvalue weighted by Crippen LogP contribution is 2.29. The van der Waals surface area contributed by atoms with E-state index < -0.39 is 11.4 Å². The van der Waals surface area contributed by atoms with Crippen LogP contribution in [-0.2, 0) is 15.0 Å². The maximum absolute atomic E-state index is 13.4. The van der Waals surface area contributed by atoms with Crippen molar-refractivity contribution in [3.8, 4) is 0 Å². The molecule has 22 heavy (non-hydrogen) atoms. The maximum Gasteiger partial charge on any atom is 0.303 e. The fraction of sp³-hybridized carbons (Fsp3) is 0.529. The Morgan fingerprint density at radius 1 is 1.32 bits per heavy atom. The quantitative estimate of drug-likeness (QED) is 0.930. The average Bonchev–Trinajstić information content (AvgIpc) is 2.46. The van der Waals surface area contributed by atoms with Gasteiger partial charge in [0.25, 0.3) is 0 Å². The first-order chi connectivity index (χ1) is 10.3. The Hall–Kier alpha value is -1.91. The summed E-state index contributed by atoms with van der Waals surface area (Å²) < 4.78 is 13.4. The minimum Gasteiger partial charge on any atom is -0.481 e. The number of amides is 1. The monoisotopic (exact) mass is 307 g/mol. The zero-order chi connectivity index (χ0) is 16.3. The van der Waals surface area contributed by atoms with Gasteiger partial charge in [0, 0.05) is 19.5 Å². The molecule has 1 fully saturated rings. The summed E-state index contributed by atoms with van der Waals surface area (Å²) in [6, 6.07) is 6.13. The van der Waals surface area contributed by atoms with Crippen LogP contribution in [0, 0.1) is 11.7 Å². The average molecular weight is 307 g/mol. The van der Waals surface area contributed by atoms with Crippen molar-refractivity contribution >= 4 is 11.9 Å². The molecule has 0 aliphatic carbocycles. The molecule has 0 atom stereocenters. The standard InChI is InChI=1S/C17H22FNO3/c1-17(2,13-4-3-5-14(18)11-13)16(22)19-8-6-12(7-9-19)10-15(20)21/h3-5,11-12H,6-10H2,1-2H3,(H,20,21). The number of carboxylic acid groups (broad SMARTS) is 1. The summed E-state index contributed by atoms with van der Waals surface area (Å²) in [4.78, 5) is 25.3. The number of carbonyl (C=O) groups is 2. The highest BCUT2D eigenvalue weighted by molar-refractivity contribution is 5.87. The van der Waals surface area contributed by atoms with Crippen molar-refractivity contribution in [2.24, 2.45) is 5.92 Å². The van der Waals surface area contributed by atoms with Crippen LogP contribution in [0.5, 0.6) is 0 Å². The number of halogens is 1. The van der Waals surface area contributed by atoms with E-state index in [1.807, 2.05) is 0 Å². The highest BCUT2D eigenvalue weighted by atomic mass is 19.1. The second kappa shape index (κ2) is 6.46. The van der Waals surface area contributed by atoms with Crippen LogP contribution in [0.15, 0.2) is 24.3 Å². The van der Waals surface area contributed by atoms with Crippen molar-refractivity contribution in [2.45, 2.75) is 38.5 Å². The number of benzene rings is 1. The molecule has 0 spiro atoms. The SMILES string of the molecule is CC(C)(C(=O)N1CCC(CC(=O)O)CC1)c1cccc(F)c1. The van der Waals surface area contributed by atoms with E-state index in [2.05, 4.69) is 0 Å². The Bertz CT molecular complexity index is 563. The zero-order valence-electron chi connectivity index (χ0n) is 13.0. The molecule has 0 bridgehead atoms. The second-order valence-corrected chi connectivity index (χ2v) is 6.47. The summed E-state index contributed by atoms with van der Waals surface area (Å²) in [5.74, 6) is -1.03. The normalized spacial score (nSPS) is 16.6. The van der Waals surface area contributed by atoms with Gasteiger partial charge in [0.15, 0.2) is 0 Å². The van der Waals surface area contributed by atoms with Crippen LogP contribution in [0.4, 0.5) is 4.39 Å². The lowest BCUT2D eigenvalue weighted by Crippen LogP contribution is -2.47. The highest BCUT2D eigenvalue weighted by Gasteiger charge is 2.35. The molecule has 0 unspecified atom stereocenters. The van der Waals surface area contributed by atoms with Gasteiger partial charge < -0.3 is 10.0 Å². The van der Waals surface area contributed by atoms with Gasteiger partial charge in [-0.2, -0.15) is 0 Å².